The van der Waals surface area contributed by atoms with E-state index in [-0.39, 0.29) is 12.6 Å². The van der Waals surface area contributed by atoms with Crippen molar-refractivity contribution < 1.29 is 9.53 Å². The second kappa shape index (κ2) is 5.15. The molecule has 0 bridgehead atoms. The molecule has 1 aromatic heterocycles. The van der Waals surface area contributed by atoms with E-state index in [1.54, 1.807) is 11.9 Å². The van der Waals surface area contributed by atoms with E-state index in [0.29, 0.717) is 12.2 Å². The zero-order valence-electron chi connectivity index (χ0n) is 9.07. The lowest BCUT2D eigenvalue weighted by Gasteiger charge is -2.16. The highest BCUT2D eigenvalue weighted by molar-refractivity contribution is 5.65. The maximum absolute atomic E-state index is 11.4. The average molecular weight is 227 g/mol. The highest BCUT2D eigenvalue weighted by Crippen LogP contribution is 1.99. The van der Waals surface area contributed by atoms with E-state index in [9.17, 15) is 14.4 Å². The molecule has 0 aliphatic carbocycles. The van der Waals surface area contributed by atoms with Crippen LogP contribution in [0, 0.1) is 0 Å². The van der Waals surface area contributed by atoms with Gasteiger partial charge in [0.1, 0.15) is 12.3 Å². The first-order valence-corrected chi connectivity index (χ1v) is 4.67. The topological polar surface area (TPSA) is 95.3 Å². The number of carbonyl (C=O) groups is 1. The van der Waals surface area contributed by atoms with Crippen LogP contribution in [0.3, 0.4) is 0 Å². The molecular weight excluding hydrogens is 214 g/mol. The van der Waals surface area contributed by atoms with Crippen LogP contribution < -0.4 is 16.1 Å². The van der Waals surface area contributed by atoms with Crippen LogP contribution in [-0.2, 0) is 9.53 Å². The first kappa shape index (κ1) is 12.0. The van der Waals surface area contributed by atoms with Gasteiger partial charge in [-0.1, -0.05) is 0 Å². The lowest BCUT2D eigenvalue weighted by molar-refractivity contribution is -0.140. The number of ether oxygens (including phenoxy) is 1. The van der Waals surface area contributed by atoms with Crippen molar-refractivity contribution in [3.05, 3.63) is 27.0 Å². The van der Waals surface area contributed by atoms with Crippen LogP contribution in [0.25, 0.3) is 0 Å². The minimum absolute atomic E-state index is 0.185. The van der Waals surface area contributed by atoms with Crippen molar-refractivity contribution >= 4 is 11.7 Å². The summed E-state index contributed by atoms with van der Waals surface area (Å²) in [7, 11) is 1.66. The molecule has 1 aromatic rings. The number of H-pyrrole nitrogens is 2. The van der Waals surface area contributed by atoms with Gasteiger partial charge in [0.25, 0.3) is 5.56 Å². The molecule has 0 spiro atoms. The van der Waals surface area contributed by atoms with Crippen LogP contribution in [0.15, 0.2) is 15.8 Å². The predicted octanol–water partition coefficient (Wildman–Crippen LogP) is -0.937. The van der Waals surface area contributed by atoms with E-state index in [4.69, 9.17) is 4.74 Å². The summed E-state index contributed by atoms with van der Waals surface area (Å²) in [5, 5.41) is 0. The molecule has 16 heavy (non-hydrogen) atoms. The molecule has 7 nitrogen and oxygen atoms in total. The van der Waals surface area contributed by atoms with Crippen molar-refractivity contribution in [2.45, 2.75) is 6.92 Å². The lowest BCUT2D eigenvalue weighted by atomic mass is 10.4. The number of rotatable bonds is 4. The van der Waals surface area contributed by atoms with Gasteiger partial charge >= 0.3 is 11.7 Å². The Kier molecular flexibility index (Phi) is 3.87. The van der Waals surface area contributed by atoms with E-state index in [1.165, 1.54) is 13.1 Å². The normalized spacial score (nSPS) is 9.88. The third kappa shape index (κ3) is 3.26. The van der Waals surface area contributed by atoms with Crippen LogP contribution >= 0.6 is 0 Å². The third-order valence-electron chi connectivity index (χ3n) is 1.94. The van der Waals surface area contributed by atoms with E-state index in [2.05, 4.69) is 9.97 Å². The molecule has 7 heteroatoms. The van der Waals surface area contributed by atoms with E-state index < -0.39 is 11.2 Å². The molecule has 0 aromatic carbocycles. The van der Waals surface area contributed by atoms with Crippen LogP contribution in [0.2, 0.25) is 0 Å². The van der Waals surface area contributed by atoms with Crippen LogP contribution in [0.4, 0.5) is 5.69 Å². The highest BCUT2D eigenvalue weighted by Gasteiger charge is 2.06. The van der Waals surface area contributed by atoms with Gasteiger partial charge in [-0.15, -0.1) is 0 Å². The van der Waals surface area contributed by atoms with Crippen molar-refractivity contribution in [3.8, 4) is 0 Å². The number of carbonyl (C=O) groups excluding carboxylic acids is 1. The quantitative estimate of drug-likeness (QED) is 0.647. The van der Waals surface area contributed by atoms with Gasteiger partial charge in [0.2, 0.25) is 0 Å². The van der Waals surface area contributed by atoms with Gasteiger partial charge in [-0.25, -0.2) is 4.79 Å². The second-order valence-electron chi connectivity index (χ2n) is 3.22. The number of anilines is 1. The van der Waals surface area contributed by atoms with Gasteiger partial charge in [-0.05, 0) is 0 Å². The number of nitrogens with one attached hydrogen (secondary N) is 2. The van der Waals surface area contributed by atoms with Crippen molar-refractivity contribution in [2.24, 2.45) is 0 Å². The van der Waals surface area contributed by atoms with Crippen molar-refractivity contribution in [2.75, 3.05) is 25.1 Å². The van der Waals surface area contributed by atoms with E-state index >= 15 is 0 Å². The molecule has 0 atom stereocenters. The molecule has 0 radical (unpaired) electrons. The van der Waals surface area contributed by atoms with Crippen LogP contribution in [0.5, 0.6) is 0 Å². The summed E-state index contributed by atoms with van der Waals surface area (Å²) < 4.78 is 4.73. The van der Waals surface area contributed by atoms with Gasteiger partial charge in [-0.3, -0.25) is 14.6 Å². The Labute approximate surface area is 91.1 Å². The average Bonchev–Trinajstić information content (AvgIpc) is 2.16. The molecule has 0 aliphatic rings. The lowest BCUT2D eigenvalue weighted by Crippen LogP contribution is -2.32. The number of likely N-dealkylation sites (N-methyl/N-ethyl adjacent to an activating group) is 1. The molecule has 1 heterocycles. The molecule has 0 saturated heterocycles. The Balaban J connectivity index is 2.66. The number of esters is 1. The summed E-state index contributed by atoms with van der Waals surface area (Å²) in [6.07, 6.45) is 1.31. The van der Waals surface area contributed by atoms with Gasteiger partial charge in [0.05, 0.1) is 6.54 Å². The monoisotopic (exact) mass is 227 g/mol. The molecular formula is C9H13N3O4. The molecule has 0 fully saturated rings. The summed E-state index contributed by atoms with van der Waals surface area (Å²) in [6, 6.07) is 0. The Morgan fingerprint density at radius 1 is 1.50 bits per heavy atom. The zero-order valence-corrected chi connectivity index (χ0v) is 9.07. The molecule has 2 N–H and O–H groups in total. The number of nitrogens with zero attached hydrogens (tertiary/aromatic N) is 1. The summed E-state index contributed by atoms with van der Waals surface area (Å²) >= 11 is 0. The van der Waals surface area contributed by atoms with Gasteiger partial charge < -0.3 is 14.6 Å². The number of aromatic nitrogens is 2. The summed E-state index contributed by atoms with van der Waals surface area (Å²) in [4.78, 5) is 38.7. The number of hydrogen-bond donors (Lipinski definition) is 2. The summed E-state index contributed by atoms with van der Waals surface area (Å²) in [6.45, 7) is 1.87. The molecule has 1 rings (SSSR count). The van der Waals surface area contributed by atoms with Crippen molar-refractivity contribution in [1.29, 1.82) is 0 Å². The summed E-state index contributed by atoms with van der Waals surface area (Å²) in [5.74, 6) is -0.372. The molecule has 0 unspecified atom stereocenters. The Morgan fingerprint density at radius 3 is 2.75 bits per heavy atom. The smallest absolute Gasteiger partial charge is 0.325 e. The Bertz CT molecular complexity index is 476. The fourth-order valence-electron chi connectivity index (χ4n) is 1.13. The predicted molar refractivity (Wildman–Crippen MR) is 57.6 cm³/mol. The van der Waals surface area contributed by atoms with Crippen molar-refractivity contribution in [3.63, 3.8) is 0 Å². The zero-order chi connectivity index (χ0) is 12.1. The molecule has 0 saturated carbocycles. The van der Waals surface area contributed by atoms with Gasteiger partial charge in [-0.2, -0.15) is 0 Å². The van der Waals surface area contributed by atoms with Crippen LogP contribution in [0.1, 0.15) is 6.92 Å². The first-order valence-electron chi connectivity index (χ1n) is 4.67. The SMILES string of the molecule is CC(=O)OCCN(C)c1c[nH]c(=O)[nH]c1=O. The van der Waals surface area contributed by atoms with E-state index in [0.717, 1.165) is 0 Å². The Hall–Kier alpha value is -2.05. The van der Waals surface area contributed by atoms with Gasteiger partial charge in [0.15, 0.2) is 0 Å². The number of hydrogen-bond acceptors (Lipinski definition) is 5. The Morgan fingerprint density at radius 2 is 2.19 bits per heavy atom. The maximum atomic E-state index is 11.4. The first-order chi connectivity index (χ1) is 7.50. The second-order valence-corrected chi connectivity index (χ2v) is 3.22. The largest absolute Gasteiger partial charge is 0.464 e. The van der Waals surface area contributed by atoms with Crippen molar-refractivity contribution in [1.82, 2.24) is 9.97 Å². The fraction of sp³-hybridized carbons (Fsp3) is 0.444. The molecule has 88 valence electrons. The number of aromatic amines is 2. The minimum atomic E-state index is -0.554. The highest BCUT2D eigenvalue weighted by atomic mass is 16.5. The molecule has 0 aliphatic heterocycles. The van der Waals surface area contributed by atoms with E-state index in [1.807, 2.05) is 0 Å². The minimum Gasteiger partial charge on any atom is -0.464 e. The van der Waals surface area contributed by atoms with Crippen LogP contribution in [-0.4, -0.2) is 36.1 Å². The maximum Gasteiger partial charge on any atom is 0.325 e. The third-order valence-corrected chi connectivity index (χ3v) is 1.94. The fourth-order valence-corrected chi connectivity index (χ4v) is 1.13. The standard InChI is InChI=1S/C9H13N3O4/c1-6(13)16-4-3-12(2)7-5-10-9(15)11-8(7)14/h5H,3-4H2,1-2H3,(H2,10,11,14,15). The van der Waals surface area contributed by atoms with Gasteiger partial charge in [0, 0.05) is 20.2 Å². The summed E-state index contributed by atoms with van der Waals surface area (Å²) in [5.41, 5.74) is -0.719. The molecule has 0 amide bonds.